The van der Waals surface area contributed by atoms with Crippen molar-refractivity contribution >= 4 is 129 Å². The van der Waals surface area contributed by atoms with E-state index in [9.17, 15) is 21.6 Å². The minimum Gasteiger partial charge on any atom is -0.454 e. The molecule has 0 unspecified atom stereocenters. The number of anilines is 3. The first-order chi connectivity index (χ1) is 49.2. The molecule has 556 valence electrons. The van der Waals surface area contributed by atoms with E-state index in [4.69, 9.17) is 90.1 Å². The lowest BCUT2D eigenvalue weighted by molar-refractivity contribution is 0.0650. The van der Waals surface area contributed by atoms with Crippen LogP contribution in [0.1, 0.15) is 60.9 Å². The number of benzene rings is 3. The molecule has 3 aliphatic rings. The van der Waals surface area contributed by atoms with Crippen molar-refractivity contribution in [1.29, 1.82) is 0 Å². The Balaban J connectivity index is 0.000000177. The van der Waals surface area contributed by atoms with Gasteiger partial charge in [0.2, 0.25) is 20.4 Å². The Hall–Kier alpha value is -7.00. The molecule has 9 heterocycles. The molecule has 41 heteroatoms. The fourth-order valence-electron chi connectivity index (χ4n) is 9.76. The Morgan fingerprint density at radius 2 is 0.696 bits per heavy atom. The van der Waals surface area contributed by atoms with Crippen LogP contribution in [-0.2, 0) is 77.1 Å². The fourth-order valence-corrected chi connectivity index (χ4v) is 11.9. The molecular formula is C61H76F3I3N16O18S. The number of hydrogen-bond acceptors (Lipinski definition) is 30. The highest BCUT2D eigenvalue weighted by molar-refractivity contribution is 14.1. The Bertz CT molecular complexity index is 4180. The quantitative estimate of drug-likeness (QED) is 0.0169. The maximum Gasteiger partial charge on any atom is 0.333 e. The number of nitrogen functional groups attached to an aromatic ring is 3. The first-order valence-electron chi connectivity index (χ1n) is 31.4. The van der Waals surface area contributed by atoms with Crippen LogP contribution in [0.15, 0.2) is 36.4 Å². The van der Waals surface area contributed by atoms with Crippen molar-refractivity contribution in [3.05, 3.63) is 99.5 Å². The molecule has 12 rings (SSSR count). The van der Waals surface area contributed by atoms with Crippen LogP contribution in [0.5, 0.6) is 34.5 Å². The summed E-state index contributed by atoms with van der Waals surface area (Å²) in [5.74, 6) is 5.96. The lowest BCUT2D eigenvalue weighted by atomic mass is 10.1. The minimum atomic E-state index is -4.03. The second kappa shape index (κ2) is 40.3. The van der Waals surface area contributed by atoms with Crippen LogP contribution in [0.2, 0.25) is 0 Å². The van der Waals surface area contributed by atoms with Crippen LogP contribution in [0.25, 0.3) is 33.5 Å². The molecule has 0 aliphatic carbocycles. The molecule has 0 saturated carbocycles. The summed E-state index contributed by atoms with van der Waals surface area (Å²) in [6.45, 7) is 9.34. The lowest BCUT2D eigenvalue weighted by Crippen LogP contribution is -2.19. The molecule has 0 fully saturated rings. The van der Waals surface area contributed by atoms with E-state index in [0.717, 1.165) is 52.6 Å². The van der Waals surface area contributed by atoms with Gasteiger partial charge in [-0.1, -0.05) is 13.8 Å². The van der Waals surface area contributed by atoms with Crippen molar-refractivity contribution in [2.24, 2.45) is 5.14 Å². The Kier molecular flexibility index (Phi) is 31.9. The molecule has 12 N–H and O–H groups in total. The van der Waals surface area contributed by atoms with Gasteiger partial charge in [0.1, 0.15) is 17.5 Å². The van der Waals surface area contributed by atoms with Crippen molar-refractivity contribution in [3.8, 4) is 34.5 Å². The first kappa shape index (κ1) is 80.7. The number of nitrogens with zero attached hydrogens (tertiary/aromatic N) is 12. The number of hydrogen-bond donors (Lipinski definition) is 8. The number of rotatable bonds is 31. The monoisotopic (exact) mass is 1790 g/mol. The number of aromatic nitrogens is 12. The SMILES string of the molecule is CCCOCCO.CCCOCCn1c(Cc2cc3c(cc2I)OCO3)nc2c(N)nc(F)nc21.Nc1nc(F)nc2c1nc(Cc1cc3c(cc1I)OCO3)n2CCOCCO.Nc1nc(F)nc2c1nc(Cc1cc3c(cc1I)OCO3)n2CCOCCOS(N)(=O)=O.OCCOCCO. The topological polar surface area (TPSA) is 461 Å². The van der Waals surface area contributed by atoms with Gasteiger partial charge in [-0.25, -0.2) is 20.1 Å². The third-order valence-electron chi connectivity index (χ3n) is 14.2. The molecular weight excluding hydrogens is 1710 g/mol. The summed E-state index contributed by atoms with van der Waals surface area (Å²) in [4.78, 5) is 36.0. The summed E-state index contributed by atoms with van der Waals surface area (Å²) >= 11 is 6.67. The van der Waals surface area contributed by atoms with E-state index in [1.165, 1.54) is 0 Å². The van der Waals surface area contributed by atoms with Gasteiger partial charge in [0.25, 0.3) is 0 Å². The zero-order valence-corrected chi connectivity index (χ0v) is 62.5. The molecule has 0 amide bonds. The van der Waals surface area contributed by atoms with Crippen LogP contribution in [0, 0.1) is 28.9 Å². The number of aliphatic hydroxyl groups is 4. The predicted molar refractivity (Wildman–Crippen MR) is 385 cm³/mol. The van der Waals surface area contributed by atoms with Gasteiger partial charge in [-0.15, -0.1) is 0 Å². The second-order valence-corrected chi connectivity index (χ2v) is 26.1. The molecule has 6 aromatic heterocycles. The van der Waals surface area contributed by atoms with Crippen molar-refractivity contribution in [3.63, 3.8) is 0 Å². The molecule has 102 heavy (non-hydrogen) atoms. The standard InChI is InChI=1S/C18H19FIN5O3.C17H18FIN6O6S.C17H17FIN5O4.C5H12O2.C4H10O3/c1-2-4-26-5-3-25-14(22-15-16(21)23-18(19)24-17(15)25)7-10-6-12-13(8-11(10)20)28-9-27-12;18-17-23-15(20)14-16(24-17)25(1-2-28-3-4-31-32(21,26)27)13(22-14)6-9-5-11-12(7-10(9)19)30-8-29-11;18-17-22-15(20)14-16(23-17)24(1-3-26-4-2-25)13(21-14)6-9-5-11-12(7-10(9)19)28-8-27-11;1-2-4-7-5-3-6;5-1-3-7-4-2-6/h6,8H,2-5,7,9H2,1H3,(H2,21,23,24);5,7H,1-4,6,8H2,(H2,20,23,24)(H2,21,26,27);5,7,25H,1-4,6,8H2,(H2,20,22,23);6H,2-5H2,1H3;5-6H,1-4H2. The van der Waals surface area contributed by atoms with E-state index < -0.39 is 28.5 Å². The highest BCUT2D eigenvalue weighted by atomic mass is 127. The predicted octanol–water partition coefficient (Wildman–Crippen LogP) is 4.48. The van der Waals surface area contributed by atoms with Gasteiger partial charge in [-0.2, -0.15) is 51.5 Å². The summed E-state index contributed by atoms with van der Waals surface area (Å²) in [5, 5.41) is 38.0. The molecule has 0 spiro atoms. The maximum absolute atomic E-state index is 13.8. The molecule has 3 aliphatic heterocycles. The summed E-state index contributed by atoms with van der Waals surface area (Å²) in [6, 6.07) is 11.4. The average molecular weight is 1790 g/mol. The van der Waals surface area contributed by atoms with Gasteiger partial charge in [0, 0.05) is 62.8 Å². The summed E-state index contributed by atoms with van der Waals surface area (Å²) in [6.07, 6.45) is 0.531. The van der Waals surface area contributed by atoms with Crippen LogP contribution in [-0.4, -0.2) is 207 Å². The van der Waals surface area contributed by atoms with Crippen LogP contribution in [0.3, 0.4) is 0 Å². The van der Waals surface area contributed by atoms with Gasteiger partial charge in [0.15, 0.2) is 85.4 Å². The molecule has 0 radical (unpaired) electrons. The lowest BCUT2D eigenvalue weighted by Gasteiger charge is -2.11. The van der Waals surface area contributed by atoms with E-state index in [2.05, 4.69) is 122 Å². The van der Waals surface area contributed by atoms with Crippen molar-refractivity contribution in [2.45, 2.75) is 65.6 Å². The number of imidazole rings is 3. The Labute approximate surface area is 622 Å². The van der Waals surface area contributed by atoms with Crippen LogP contribution >= 0.6 is 67.8 Å². The van der Waals surface area contributed by atoms with E-state index in [1.807, 2.05) is 54.8 Å². The molecule has 3 aromatic carbocycles. The molecule has 9 aromatic rings. The van der Waals surface area contributed by atoms with Crippen molar-refractivity contribution < 1.29 is 98.3 Å². The number of aliphatic hydroxyl groups excluding tert-OH is 4. The third kappa shape index (κ3) is 23.0. The summed E-state index contributed by atoms with van der Waals surface area (Å²) in [5.41, 5.74) is 22.4. The maximum atomic E-state index is 13.8. The van der Waals surface area contributed by atoms with Gasteiger partial charge >= 0.3 is 28.5 Å². The van der Waals surface area contributed by atoms with Gasteiger partial charge in [-0.05, 0) is 134 Å². The molecule has 0 saturated heterocycles. The second-order valence-electron chi connectivity index (χ2n) is 21.4. The van der Waals surface area contributed by atoms with Gasteiger partial charge in [0.05, 0.1) is 85.9 Å². The highest BCUT2D eigenvalue weighted by Gasteiger charge is 2.25. The first-order valence-corrected chi connectivity index (χ1v) is 36.2. The number of halogens is 6. The van der Waals surface area contributed by atoms with E-state index in [-0.39, 0.29) is 108 Å². The summed E-state index contributed by atoms with van der Waals surface area (Å²) in [7, 11) is -4.03. The number of ether oxygens (including phenoxy) is 11. The van der Waals surface area contributed by atoms with E-state index in [0.29, 0.717) is 141 Å². The number of fused-ring (bicyclic) bond motifs is 6. The third-order valence-corrected chi connectivity index (χ3v) is 17.7. The average Bonchev–Trinajstić information content (AvgIpc) is 1.65. The Morgan fingerprint density at radius 1 is 0.422 bits per heavy atom. The van der Waals surface area contributed by atoms with Crippen LogP contribution < -0.4 is 50.8 Å². The van der Waals surface area contributed by atoms with Crippen LogP contribution in [0.4, 0.5) is 30.6 Å². The zero-order chi connectivity index (χ0) is 73.3. The van der Waals surface area contributed by atoms with E-state index in [1.54, 1.807) is 9.13 Å². The number of nitrogens with two attached hydrogens (primary N) is 4. The van der Waals surface area contributed by atoms with Gasteiger partial charge in [-0.3, -0.25) is 4.18 Å². The smallest absolute Gasteiger partial charge is 0.333 e. The summed E-state index contributed by atoms with van der Waals surface area (Å²) < 4.78 is 134. The molecule has 34 nitrogen and oxygen atoms in total. The van der Waals surface area contributed by atoms with Gasteiger partial charge < -0.3 is 103 Å². The largest absolute Gasteiger partial charge is 0.454 e. The van der Waals surface area contributed by atoms with Crippen molar-refractivity contribution in [1.82, 2.24) is 58.6 Å². The highest BCUT2D eigenvalue weighted by Crippen LogP contribution is 2.39. The minimum absolute atomic E-state index is 0.00998. The van der Waals surface area contributed by atoms with E-state index >= 15 is 0 Å². The normalized spacial score (nSPS) is 12.5. The van der Waals surface area contributed by atoms with Crippen molar-refractivity contribution in [2.75, 3.05) is 137 Å². The zero-order valence-electron chi connectivity index (χ0n) is 55.2. The molecule has 0 bridgehead atoms. The Morgan fingerprint density at radius 3 is 0.990 bits per heavy atom. The molecule has 0 atom stereocenters. The fraction of sp³-hybridized carbons (Fsp3) is 0.459.